The van der Waals surface area contributed by atoms with Crippen molar-refractivity contribution >= 4 is 39.1 Å². The average molecular weight is 322 g/mol. The van der Waals surface area contributed by atoms with E-state index in [0.29, 0.717) is 22.4 Å². The zero-order chi connectivity index (χ0) is 11.7. The Labute approximate surface area is 111 Å². The molecule has 0 radical (unpaired) electrons. The topological polar surface area (TPSA) is 38.9 Å². The smallest absolute Gasteiger partial charge is 0.249 e. The molecule has 1 aromatic heterocycles. The number of halogens is 3. The van der Waals surface area contributed by atoms with Crippen molar-refractivity contribution in [2.24, 2.45) is 0 Å². The van der Waals surface area contributed by atoms with Gasteiger partial charge in [0.1, 0.15) is 5.38 Å². The van der Waals surface area contributed by atoms with Gasteiger partial charge in [-0.3, -0.25) is 0 Å². The molecule has 0 N–H and O–H groups in total. The number of benzene rings is 1. The molecule has 1 atom stereocenters. The van der Waals surface area contributed by atoms with Crippen LogP contribution in [0.25, 0.3) is 11.5 Å². The molecule has 84 valence electrons. The van der Waals surface area contributed by atoms with E-state index in [1.165, 1.54) is 0 Å². The van der Waals surface area contributed by atoms with Crippen LogP contribution >= 0.6 is 39.1 Å². The van der Waals surface area contributed by atoms with Gasteiger partial charge in [-0.1, -0.05) is 27.5 Å². The lowest BCUT2D eigenvalue weighted by molar-refractivity contribution is 0.507. The summed E-state index contributed by atoms with van der Waals surface area (Å²) in [4.78, 5) is 0. The highest BCUT2D eigenvalue weighted by molar-refractivity contribution is 9.10. The first kappa shape index (κ1) is 11.9. The van der Waals surface area contributed by atoms with Crippen molar-refractivity contribution in [3.05, 3.63) is 33.6 Å². The third-order valence-corrected chi connectivity index (χ3v) is 2.95. The predicted molar refractivity (Wildman–Crippen MR) is 66.7 cm³/mol. The monoisotopic (exact) mass is 320 g/mol. The Kier molecular flexibility index (Phi) is 3.52. The zero-order valence-corrected chi connectivity index (χ0v) is 11.3. The summed E-state index contributed by atoms with van der Waals surface area (Å²) in [5, 5.41) is 7.99. The minimum atomic E-state index is -0.313. The molecule has 1 aromatic carbocycles. The second-order valence-corrected chi connectivity index (χ2v) is 5.16. The highest BCUT2D eigenvalue weighted by Crippen LogP contribution is 2.31. The van der Waals surface area contributed by atoms with E-state index in [0.717, 1.165) is 4.47 Å². The van der Waals surface area contributed by atoms with Gasteiger partial charge in [-0.25, -0.2) is 0 Å². The molecule has 2 aromatic rings. The molecule has 2 rings (SSSR count). The van der Waals surface area contributed by atoms with Gasteiger partial charge in [-0.2, -0.15) is 0 Å². The second-order valence-electron chi connectivity index (χ2n) is 3.19. The van der Waals surface area contributed by atoms with Gasteiger partial charge in [0.05, 0.1) is 10.6 Å². The number of hydrogen-bond acceptors (Lipinski definition) is 3. The van der Waals surface area contributed by atoms with Crippen LogP contribution in [0.3, 0.4) is 0 Å². The van der Waals surface area contributed by atoms with Gasteiger partial charge in [0.25, 0.3) is 0 Å². The number of nitrogens with zero attached hydrogens (tertiary/aromatic N) is 2. The van der Waals surface area contributed by atoms with Gasteiger partial charge in [0.15, 0.2) is 0 Å². The SMILES string of the molecule is CC(Cl)c1nnc(-c2cc(Br)ccc2Cl)o1. The maximum atomic E-state index is 6.04. The van der Waals surface area contributed by atoms with Gasteiger partial charge in [0, 0.05) is 4.47 Å². The summed E-state index contributed by atoms with van der Waals surface area (Å²) in [6, 6.07) is 5.42. The molecule has 0 aliphatic heterocycles. The molecular formula is C10H7BrCl2N2O. The van der Waals surface area contributed by atoms with Crippen molar-refractivity contribution in [3.8, 4) is 11.5 Å². The van der Waals surface area contributed by atoms with Gasteiger partial charge in [-0.05, 0) is 25.1 Å². The molecular weight excluding hydrogens is 315 g/mol. The summed E-state index contributed by atoms with van der Waals surface area (Å²) in [6.07, 6.45) is 0. The largest absolute Gasteiger partial charge is 0.419 e. The maximum absolute atomic E-state index is 6.04. The third kappa shape index (κ3) is 2.39. The van der Waals surface area contributed by atoms with Crippen LogP contribution in [0.4, 0.5) is 0 Å². The summed E-state index contributed by atoms with van der Waals surface area (Å²) in [5.74, 6) is 0.751. The lowest BCUT2D eigenvalue weighted by Gasteiger charge is -1.99. The minimum absolute atomic E-state index is 0.313. The van der Waals surface area contributed by atoms with Crippen LogP contribution in [-0.4, -0.2) is 10.2 Å². The third-order valence-electron chi connectivity index (χ3n) is 1.94. The lowest BCUT2D eigenvalue weighted by atomic mass is 10.2. The fourth-order valence-corrected chi connectivity index (χ4v) is 1.81. The van der Waals surface area contributed by atoms with Crippen LogP contribution in [0.1, 0.15) is 18.2 Å². The first-order valence-electron chi connectivity index (χ1n) is 4.51. The molecule has 0 spiro atoms. The Morgan fingerprint density at radius 3 is 2.75 bits per heavy atom. The lowest BCUT2D eigenvalue weighted by Crippen LogP contribution is -1.81. The molecule has 0 saturated carbocycles. The Morgan fingerprint density at radius 2 is 2.12 bits per heavy atom. The maximum Gasteiger partial charge on any atom is 0.249 e. The molecule has 0 aliphatic rings. The molecule has 0 fully saturated rings. The van der Waals surface area contributed by atoms with Gasteiger partial charge >= 0.3 is 0 Å². The van der Waals surface area contributed by atoms with Crippen LogP contribution < -0.4 is 0 Å². The Bertz CT molecular complexity index is 513. The van der Waals surface area contributed by atoms with Gasteiger partial charge in [0.2, 0.25) is 11.8 Å². The Morgan fingerprint density at radius 1 is 1.38 bits per heavy atom. The van der Waals surface area contributed by atoms with E-state index < -0.39 is 0 Å². The van der Waals surface area contributed by atoms with E-state index >= 15 is 0 Å². The number of hydrogen-bond donors (Lipinski definition) is 0. The first-order valence-corrected chi connectivity index (χ1v) is 6.11. The summed E-state index contributed by atoms with van der Waals surface area (Å²) >= 11 is 15.2. The summed E-state index contributed by atoms with van der Waals surface area (Å²) in [5.41, 5.74) is 0.687. The van der Waals surface area contributed by atoms with Crippen molar-refractivity contribution in [1.82, 2.24) is 10.2 Å². The van der Waals surface area contributed by atoms with E-state index in [9.17, 15) is 0 Å². The van der Waals surface area contributed by atoms with E-state index in [4.69, 9.17) is 27.6 Å². The quantitative estimate of drug-likeness (QED) is 0.767. The summed E-state index contributed by atoms with van der Waals surface area (Å²) in [6.45, 7) is 1.77. The fraction of sp³-hybridized carbons (Fsp3) is 0.200. The molecule has 0 bridgehead atoms. The number of alkyl halides is 1. The van der Waals surface area contributed by atoms with Crippen LogP contribution in [0.5, 0.6) is 0 Å². The predicted octanol–water partition coefficient (Wildman–Crippen LogP) is 4.45. The first-order chi connectivity index (χ1) is 7.58. The van der Waals surface area contributed by atoms with Crippen molar-refractivity contribution in [2.75, 3.05) is 0 Å². The van der Waals surface area contributed by atoms with E-state index in [1.807, 2.05) is 12.1 Å². The van der Waals surface area contributed by atoms with E-state index in [1.54, 1.807) is 13.0 Å². The van der Waals surface area contributed by atoms with E-state index in [-0.39, 0.29) is 5.38 Å². The molecule has 3 nitrogen and oxygen atoms in total. The van der Waals surface area contributed by atoms with Gasteiger partial charge < -0.3 is 4.42 Å². The number of rotatable bonds is 2. The molecule has 1 unspecified atom stereocenters. The van der Waals surface area contributed by atoms with Crippen molar-refractivity contribution in [2.45, 2.75) is 12.3 Å². The van der Waals surface area contributed by atoms with Crippen molar-refractivity contribution in [1.29, 1.82) is 0 Å². The Balaban J connectivity index is 2.46. The average Bonchev–Trinajstić information content (AvgIpc) is 2.70. The standard InChI is InChI=1S/C10H7BrCl2N2O/c1-5(12)9-14-15-10(16-9)7-4-6(11)2-3-8(7)13/h2-5H,1H3. The van der Waals surface area contributed by atoms with Crippen LogP contribution in [0, 0.1) is 0 Å². The molecule has 16 heavy (non-hydrogen) atoms. The summed E-state index contributed by atoms with van der Waals surface area (Å²) < 4.78 is 6.30. The van der Waals surface area contributed by atoms with Crippen molar-refractivity contribution in [3.63, 3.8) is 0 Å². The number of aromatic nitrogens is 2. The van der Waals surface area contributed by atoms with Crippen LogP contribution in [0.15, 0.2) is 27.1 Å². The molecule has 0 aliphatic carbocycles. The van der Waals surface area contributed by atoms with Crippen LogP contribution in [0.2, 0.25) is 5.02 Å². The molecule has 6 heteroatoms. The second kappa shape index (κ2) is 4.73. The molecule has 0 saturated heterocycles. The molecule has 0 amide bonds. The van der Waals surface area contributed by atoms with Gasteiger partial charge in [-0.15, -0.1) is 21.8 Å². The Hall–Kier alpha value is -0.580. The van der Waals surface area contributed by atoms with Crippen LogP contribution in [-0.2, 0) is 0 Å². The molecule has 1 heterocycles. The highest BCUT2D eigenvalue weighted by atomic mass is 79.9. The highest BCUT2D eigenvalue weighted by Gasteiger charge is 2.15. The van der Waals surface area contributed by atoms with Crippen molar-refractivity contribution < 1.29 is 4.42 Å². The summed E-state index contributed by atoms with van der Waals surface area (Å²) in [7, 11) is 0. The van der Waals surface area contributed by atoms with E-state index in [2.05, 4.69) is 26.1 Å². The minimum Gasteiger partial charge on any atom is -0.419 e. The zero-order valence-electron chi connectivity index (χ0n) is 8.25. The fourth-order valence-electron chi connectivity index (χ4n) is 1.17. The normalized spacial score (nSPS) is 12.8.